The van der Waals surface area contributed by atoms with Crippen LogP contribution < -0.4 is 5.32 Å². The average molecular weight is 316 g/mol. The van der Waals surface area contributed by atoms with Crippen molar-refractivity contribution in [1.82, 2.24) is 10.3 Å². The number of aromatic amines is 1. The second-order valence-electron chi connectivity index (χ2n) is 5.93. The van der Waals surface area contributed by atoms with E-state index in [0.717, 1.165) is 23.1 Å². The van der Waals surface area contributed by atoms with Crippen LogP contribution in [0.1, 0.15) is 22.3 Å². The second-order valence-corrected chi connectivity index (χ2v) is 5.93. The van der Waals surface area contributed by atoms with Crippen LogP contribution in [0.4, 0.5) is 0 Å². The molecule has 120 valence electrons. The first-order chi connectivity index (χ1) is 11.6. The van der Waals surface area contributed by atoms with E-state index in [1.165, 1.54) is 16.5 Å². The van der Waals surface area contributed by atoms with Gasteiger partial charge in [0, 0.05) is 35.1 Å². The molecule has 3 nitrogen and oxygen atoms in total. The molecule has 0 unspecified atom stereocenters. The molecule has 0 aliphatic carbocycles. The highest BCUT2D eigenvalue weighted by Gasteiger charge is 2.03. The largest absolute Gasteiger partial charge is 0.361 e. The summed E-state index contributed by atoms with van der Waals surface area (Å²) in [6, 6.07) is 14.2. The third kappa shape index (κ3) is 3.67. The molecule has 1 aromatic heterocycles. The highest BCUT2D eigenvalue weighted by Crippen LogP contribution is 2.17. The molecule has 0 bridgehead atoms. The Bertz CT molecular complexity index is 941. The van der Waals surface area contributed by atoms with Crippen LogP contribution in [-0.4, -0.2) is 17.4 Å². The van der Waals surface area contributed by atoms with Crippen LogP contribution in [-0.2, 0) is 11.2 Å². The fourth-order valence-corrected chi connectivity index (χ4v) is 2.77. The van der Waals surface area contributed by atoms with Crippen molar-refractivity contribution in [1.29, 1.82) is 0 Å². The maximum Gasteiger partial charge on any atom is 0.296 e. The molecule has 0 saturated heterocycles. The predicted octanol–water partition coefficient (Wildman–Crippen LogP) is 3.50. The SMILES string of the molecule is Cc1ccc(C#CC(=O)NCCc2c[nH]c3ccccc23)c(C)c1. The Hall–Kier alpha value is -2.99. The number of fused-ring (bicyclic) bond motifs is 1. The van der Waals surface area contributed by atoms with Gasteiger partial charge in [0.2, 0.25) is 0 Å². The van der Waals surface area contributed by atoms with Crippen LogP contribution in [0, 0.1) is 25.7 Å². The summed E-state index contributed by atoms with van der Waals surface area (Å²) in [7, 11) is 0. The van der Waals surface area contributed by atoms with Crippen molar-refractivity contribution in [2.45, 2.75) is 20.3 Å². The van der Waals surface area contributed by atoms with Crippen LogP contribution in [0.25, 0.3) is 10.9 Å². The smallest absolute Gasteiger partial charge is 0.296 e. The van der Waals surface area contributed by atoms with Gasteiger partial charge in [0.05, 0.1) is 0 Å². The van der Waals surface area contributed by atoms with Gasteiger partial charge in [-0.05, 0) is 43.5 Å². The molecule has 2 aromatic carbocycles. The second kappa shape index (κ2) is 7.06. The average Bonchev–Trinajstić information content (AvgIpc) is 2.97. The number of hydrogen-bond acceptors (Lipinski definition) is 1. The van der Waals surface area contributed by atoms with E-state index in [-0.39, 0.29) is 5.91 Å². The number of aryl methyl sites for hydroxylation is 2. The third-order valence-corrected chi connectivity index (χ3v) is 4.05. The number of rotatable bonds is 3. The fraction of sp³-hybridized carbons (Fsp3) is 0.190. The Kier molecular flexibility index (Phi) is 4.67. The predicted molar refractivity (Wildman–Crippen MR) is 97.8 cm³/mol. The molecule has 1 amide bonds. The number of carbonyl (C=O) groups is 1. The first kappa shape index (κ1) is 15.9. The first-order valence-electron chi connectivity index (χ1n) is 8.05. The number of hydrogen-bond donors (Lipinski definition) is 2. The number of aromatic nitrogens is 1. The Balaban J connectivity index is 1.57. The molecule has 3 rings (SSSR count). The van der Waals surface area contributed by atoms with Crippen molar-refractivity contribution in [2.24, 2.45) is 0 Å². The molecule has 0 fully saturated rings. The van der Waals surface area contributed by atoms with Gasteiger partial charge in [0.15, 0.2) is 0 Å². The normalized spacial score (nSPS) is 10.2. The molecule has 0 saturated carbocycles. The van der Waals surface area contributed by atoms with Crippen LogP contribution in [0.15, 0.2) is 48.7 Å². The van der Waals surface area contributed by atoms with Crippen molar-refractivity contribution < 1.29 is 4.79 Å². The third-order valence-electron chi connectivity index (χ3n) is 4.05. The molecule has 2 N–H and O–H groups in total. The van der Waals surface area contributed by atoms with E-state index in [0.29, 0.717) is 6.54 Å². The molecule has 0 aliphatic heterocycles. The van der Waals surface area contributed by atoms with E-state index in [9.17, 15) is 4.79 Å². The monoisotopic (exact) mass is 316 g/mol. The Morgan fingerprint density at radius 1 is 1.17 bits per heavy atom. The fourth-order valence-electron chi connectivity index (χ4n) is 2.77. The Morgan fingerprint density at radius 2 is 2.00 bits per heavy atom. The summed E-state index contributed by atoms with van der Waals surface area (Å²) in [5, 5.41) is 4.06. The van der Waals surface area contributed by atoms with Gasteiger partial charge in [-0.2, -0.15) is 0 Å². The minimum atomic E-state index is -0.241. The molecular weight excluding hydrogens is 296 g/mol. The molecule has 0 aliphatic rings. The maximum absolute atomic E-state index is 11.9. The van der Waals surface area contributed by atoms with Gasteiger partial charge in [0.25, 0.3) is 5.91 Å². The van der Waals surface area contributed by atoms with E-state index < -0.39 is 0 Å². The number of H-pyrrole nitrogens is 1. The molecule has 3 heteroatoms. The van der Waals surface area contributed by atoms with Gasteiger partial charge >= 0.3 is 0 Å². The number of nitrogens with one attached hydrogen (secondary N) is 2. The van der Waals surface area contributed by atoms with Gasteiger partial charge in [0.1, 0.15) is 0 Å². The summed E-state index contributed by atoms with van der Waals surface area (Å²) in [5.41, 5.74) is 5.50. The summed E-state index contributed by atoms with van der Waals surface area (Å²) in [4.78, 5) is 15.1. The summed E-state index contributed by atoms with van der Waals surface area (Å²) in [6.45, 7) is 4.62. The maximum atomic E-state index is 11.9. The summed E-state index contributed by atoms with van der Waals surface area (Å²) < 4.78 is 0. The first-order valence-corrected chi connectivity index (χ1v) is 8.05. The lowest BCUT2D eigenvalue weighted by molar-refractivity contribution is -0.115. The Labute approximate surface area is 142 Å². The van der Waals surface area contributed by atoms with Crippen LogP contribution in [0.2, 0.25) is 0 Å². The lowest BCUT2D eigenvalue weighted by Crippen LogP contribution is -2.23. The van der Waals surface area contributed by atoms with Gasteiger partial charge in [-0.3, -0.25) is 4.79 Å². The van der Waals surface area contributed by atoms with Crippen molar-refractivity contribution in [3.05, 3.63) is 70.9 Å². The van der Waals surface area contributed by atoms with E-state index in [1.54, 1.807) is 0 Å². The highest BCUT2D eigenvalue weighted by atomic mass is 16.1. The summed E-state index contributed by atoms with van der Waals surface area (Å²) in [5.74, 6) is 5.37. The van der Waals surface area contributed by atoms with Crippen molar-refractivity contribution in [3.8, 4) is 11.8 Å². The van der Waals surface area contributed by atoms with E-state index in [4.69, 9.17) is 0 Å². The summed E-state index contributed by atoms with van der Waals surface area (Å²) >= 11 is 0. The van der Waals surface area contributed by atoms with Gasteiger partial charge in [-0.15, -0.1) is 0 Å². The van der Waals surface area contributed by atoms with Gasteiger partial charge < -0.3 is 10.3 Å². The van der Waals surface area contributed by atoms with Crippen LogP contribution >= 0.6 is 0 Å². The number of benzene rings is 2. The Morgan fingerprint density at radius 3 is 2.83 bits per heavy atom. The van der Waals surface area contributed by atoms with Gasteiger partial charge in [-0.25, -0.2) is 0 Å². The summed E-state index contributed by atoms with van der Waals surface area (Å²) in [6.07, 6.45) is 2.78. The standard InChI is InChI=1S/C21H20N2O/c1-15-7-8-17(16(2)13-15)9-10-21(24)22-12-11-18-14-23-20-6-4-3-5-19(18)20/h3-8,13-14,23H,11-12H2,1-2H3,(H,22,24). The molecule has 1 heterocycles. The van der Waals surface area contributed by atoms with Crippen molar-refractivity contribution in [3.63, 3.8) is 0 Å². The molecule has 0 spiro atoms. The highest BCUT2D eigenvalue weighted by molar-refractivity contribution is 5.94. The van der Waals surface area contributed by atoms with Crippen LogP contribution in [0.5, 0.6) is 0 Å². The zero-order chi connectivity index (χ0) is 16.9. The zero-order valence-corrected chi connectivity index (χ0v) is 13.9. The zero-order valence-electron chi connectivity index (χ0n) is 13.9. The number of para-hydroxylation sites is 1. The van der Waals surface area contributed by atoms with E-state index in [1.807, 2.05) is 50.4 Å². The molecular formula is C21H20N2O. The van der Waals surface area contributed by atoms with E-state index in [2.05, 4.69) is 34.3 Å². The lowest BCUT2D eigenvalue weighted by Gasteiger charge is -2.01. The van der Waals surface area contributed by atoms with Crippen LogP contribution in [0.3, 0.4) is 0 Å². The van der Waals surface area contributed by atoms with Gasteiger partial charge in [-0.1, -0.05) is 41.8 Å². The minimum absolute atomic E-state index is 0.241. The number of amides is 1. The minimum Gasteiger partial charge on any atom is -0.361 e. The van der Waals surface area contributed by atoms with E-state index >= 15 is 0 Å². The lowest BCUT2D eigenvalue weighted by atomic mass is 10.1. The molecule has 24 heavy (non-hydrogen) atoms. The topological polar surface area (TPSA) is 44.9 Å². The van der Waals surface area contributed by atoms with Crippen molar-refractivity contribution in [2.75, 3.05) is 6.54 Å². The number of carbonyl (C=O) groups excluding carboxylic acids is 1. The molecule has 3 aromatic rings. The molecule has 0 radical (unpaired) electrons. The molecule has 0 atom stereocenters. The quantitative estimate of drug-likeness (QED) is 0.714. The van der Waals surface area contributed by atoms with Crippen molar-refractivity contribution >= 4 is 16.8 Å².